The number of nitrogens with zero attached hydrogens (tertiary/aromatic N) is 3. The van der Waals surface area contributed by atoms with Gasteiger partial charge in [0.05, 0.1) is 19.0 Å². The van der Waals surface area contributed by atoms with Crippen molar-refractivity contribution in [2.24, 2.45) is 11.8 Å². The molecule has 0 aliphatic heterocycles. The smallest absolute Gasteiger partial charge is 0.274 e. The maximum atomic E-state index is 12.6. The molecule has 0 aromatic carbocycles. The molecule has 1 amide bonds. The molecule has 0 bridgehead atoms. The lowest BCUT2D eigenvalue weighted by Crippen LogP contribution is -2.42. The second-order valence-electron chi connectivity index (χ2n) is 5.00. The summed E-state index contributed by atoms with van der Waals surface area (Å²) in [4.78, 5) is 22.5. The molecule has 7 heteroatoms. The maximum absolute atomic E-state index is 12.6. The van der Waals surface area contributed by atoms with Gasteiger partial charge in [-0.3, -0.25) is 9.78 Å². The van der Waals surface area contributed by atoms with Gasteiger partial charge in [0.15, 0.2) is 5.82 Å². The van der Waals surface area contributed by atoms with Crippen LogP contribution in [-0.4, -0.2) is 47.1 Å². The van der Waals surface area contributed by atoms with E-state index in [1.807, 2.05) is 4.90 Å². The van der Waals surface area contributed by atoms with Crippen LogP contribution in [0.25, 0.3) is 0 Å². The number of nitrogen functional groups attached to an aromatic ring is 1. The van der Waals surface area contributed by atoms with Crippen LogP contribution in [0.3, 0.4) is 0 Å². The SMILES string of the molecule is COCCN(C(=O)c1cncc(NN)n1)C(C)C1CC1. The first-order chi connectivity index (χ1) is 9.67. The van der Waals surface area contributed by atoms with Crippen LogP contribution in [0.2, 0.25) is 0 Å². The third kappa shape index (κ3) is 3.43. The minimum Gasteiger partial charge on any atom is -0.383 e. The Morgan fingerprint density at radius 1 is 1.60 bits per heavy atom. The Morgan fingerprint density at radius 3 is 2.95 bits per heavy atom. The fourth-order valence-corrected chi connectivity index (χ4v) is 2.20. The minimum atomic E-state index is -0.133. The van der Waals surface area contributed by atoms with E-state index in [0.29, 0.717) is 30.6 Å². The zero-order valence-electron chi connectivity index (χ0n) is 11.9. The second kappa shape index (κ2) is 6.62. The number of hydrogen-bond donors (Lipinski definition) is 2. The van der Waals surface area contributed by atoms with Gasteiger partial charge in [-0.05, 0) is 25.7 Å². The van der Waals surface area contributed by atoms with E-state index < -0.39 is 0 Å². The average Bonchev–Trinajstić information content (AvgIpc) is 3.32. The summed E-state index contributed by atoms with van der Waals surface area (Å²) < 4.78 is 5.09. The predicted octanol–water partition coefficient (Wildman–Crippen LogP) is 0.649. The Bertz CT molecular complexity index is 464. The number of ether oxygens (including phenoxy) is 1. The highest BCUT2D eigenvalue weighted by Gasteiger charge is 2.34. The van der Waals surface area contributed by atoms with Crippen molar-refractivity contribution < 1.29 is 9.53 Å². The van der Waals surface area contributed by atoms with E-state index >= 15 is 0 Å². The molecule has 110 valence electrons. The number of hydrogen-bond acceptors (Lipinski definition) is 6. The van der Waals surface area contributed by atoms with E-state index in [1.165, 1.54) is 25.2 Å². The van der Waals surface area contributed by atoms with E-state index in [2.05, 4.69) is 22.3 Å². The summed E-state index contributed by atoms with van der Waals surface area (Å²) in [6.45, 7) is 3.13. The lowest BCUT2D eigenvalue weighted by Gasteiger charge is -2.28. The number of nitrogens with two attached hydrogens (primary N) is 1. The van der Waals surface area contributed by atoms with Crippen LogP contribution >= 0.6 is 0 Å². The number of carbonyl (C=O) groups is 1. The molecule has 7 nitrogen and oxygen atoms in total. The summed E-state index contributed by atoms with van der Waals surface area (Å²) >= 11 is 0. The first-order valence-electron chi connectivity index (χ1n) is 6.76. The fraction of sp³-hybridized carbons (Fsp3) is 0.615. The average molecular weight is 279 g/mol. The highest BCUT2D eigenvalue weighted by Crippen LogP contribution is 2.35. The van der Waals surface area contributed by atoms with E-state index in [4.69, 9.17) is 10.6 Å². The molecule has 1 fully saturated rings. The molecular weight excluding hydrogens is 258 g/mol. The molecule has 2 rings (SSSR count). The number of aromatic nitrogens is 2. The van der Waals surface area contributed by atoms with E-state index in [1.54, 1.807) is 7.11 Å². The van der Waals surface area contributed by atoms with Gasteiger partial charge in [0, 0.05) is 19.7 Å². The van der Waals surface area contributed by atoms with Crippen LogP contribution < -0.4 is 11.3 Å². The molecule has 3 N–H and O–H groups in total. The predicted molar refractivity (Wildman–Crippen MR) is 74.9 cm³/mol. The number of hydrazine groups is 1. The van der Waals surface area contributed by atoms with E-state index in [-0.39, 0.29) is 11.9 Å². The highest BCUT2D eigenvalue weighted by molar-refractivity contribution is 5.92. The summed E-state index contributed by atoms with van der Waals surface area (Å²) in [7, 11) is 1.63. The van der Waals surface area contributed by atoms with Crippen LogP contribution in [0.1, 0.15) is 30.3 Å². The monoisotopic (exact) mass is 279 g/mol. The van der Waals surface area contributed by atoms with Gasteiger partial charge >= 0.3 is 0 Å². The largest absolute Gasteiger partial charge is 0.383 e. The molecule has 0 saturated heterocycles. The van der Waals surface area contributed by atoms with Gasteiger partial charge in [0.1, 0.15) is 5.69 Å². The Hall–Kier alpha value is -1.73. The van der Waals surface area contributed by atoms with Crippen molar-refractivity contribution in [1.82, 2.24) is 14.9 Å². The van der Waals surface area contributed by atoms with Crippen molar-refractivity contribution in [2.45, 2.75) is 25.8 Å². The van der Waals surface area contributed by atoms with Crippen LogP contribution in [-0.2, 0) is 4.74 Å². The quantitative estimate of drug-likeness (QED) is 0.562. The van der Waals surface area contributed by atoms with Crippen molar-refractivity contribution >= 4 is 11.7 Å². The second-order valence-corrected chi connectivity index (χ2v) is 5.00. The molecule has 1 aromatic heterocycles. The molecule has 1 aliphatic rings. The topological polar surface area (TPSA) is 93.4 Å². The number of amides is 1. The Balaban J connectivity index is 2.15. The number of carbonyl (C=O) groups excluding carboxylic acids is 1. The Morgan fingerprint density at radius 2 is 2.35 bits per heavy atom. The normalized spacial score (nSPS) is 15.8. The number of anilines is 1. The standard InChI is InChI=1S/C13H21N5O2/c1-9(10-3-4-10)18(5-6-20-2)13(19)11-7-15-8-12(16-11)17-14/h7-10H,3-6,14H2,1-2H3,(H,16,17). The first kappa shape index (κ1) is 14.7. The summed E-state index contributed by atoms with van der Waals surface area (Å²) in [5, 5.41) is 0. The van der Waals surface area contributed by atoms with Gasteiger partial charge in [0.25, 0.3) is 5.91 Å². The highest BCUT2D eigenvalue weighted by atomic mass is 16.5. The molecule has 1 heterocycles. The molecule has 0 spiro atoms. The van der Waals surface area contributed by atoms with Gasteiger partial charge in [-0.15, -0.1) is 0 Å². The van der Waals surface area contributed by atoms with Crippen LogP contribution in [0, 0.1) is 5.92 Å². The van der Waals surface area contributed by atoms with Gasteiger partial charge in [-0.2, -0.15) is 0 Å². The molecule has 1 saturated carbocycles. The third-order valence-corrected chi connectivity index (χ3v) is 3.59. The van der Waals surface area contributed by atoms with Crippen molar-refractivity contribution in [3.8, 4) is 0 Å². The molecule has 0 radical (unpaired) electrons. The maximum Gasteiger partial charge on any atom is 0.274 e. The van der Waals surface area contributed by atoms with Crippen molar-refractivity contribution in [3.05, 3.63) is 18.1 Å². The molecule has 1 aromatic rings. The summed E-state index contributed by atoms with van der Waals surface area (Å²) in [6.07, 6.45) is 5.28. The molecule has 1 atom stereocenters. The zero-order chi connectivity index (χ0) is 14.5. The van der Waals surface area contributed by atoms with E-state index in [9.17, 15) is 4.79 Å². The van der Waals surface area contributed by atoms with Crippen molar-refractivity contribution in [1.29, 1.82) is 0 Å². The molecule has 1 aliphatic carbocycles. The number of nitrogens with one attached hydrogen (secondary N) is 1. The Kier molecular flexibility index (Phi) is 4.86. The van der Waals surface area contributed by atoms with Gasteiger partial charge in [-0.1, -0.05) is 0 Å². The number of methoxy groups -OCH3 is 1. The molecule has 1 unspecified atom stereocenters. The van der Waals surface area contributed by atoms with Crippen LogP contribution in [0.15, 0.2) is 12.4 Å². The summed E-state index contributed by atoms with van der Waals surface area (Å²) in [5.41, 5.74) is 2.70. The lowest BCUT2D eigenvalue weighted by molar-refractivity contribution is 0.0588. The lowest BCUT2D eigenvalue weighted by atomic mass is 10.1. The van der Waals surface area contributed by atoms with Crippen LogP contribution in [0.4, 0.5) is 5.82 Å². The number of rotatable bonds is 7. The fourth-order valence-electron chi connectivity index (χ4n) is 2.20. The third-order valence-electron chi connectivity index (χ3n) is 3.59. The van der Waals surface area contributed by atoms with Gasteiger partial charge < -0.3 is 15.1 Å². The first-order valence-corrected chi connectivity index (χ1v) is 6.76. The van der Waals surface area contributed by atoms with Crippen molar-refractivity contribution in [3.63, 3.8) is 0 Å². The zero-order valence-corrected chi connectivity index (χ0v) is 11.9. The summed E-state index contributed by atoms with van der Waals surface area (Å²) in [6, 6.07) is 0.189. The van der Waals surface area contributed by atoms with Crippen LogP contribution in [0.5, 0.6) is 0 Å². The van der Waals surface area contributed by atoms with Crippen molar-refractivity contribution in [2.75, 3.05) is 25.7 Å². The van der Waals surface area contributed by atoms with E-state index in [0.717, 1.165) is 0 Å². The minimum absolute atomic E-state index is 0.133. The summed E-state index contributed by atoms with van der Waals surface area (Å²) in [5.74, 6) is 6.12. The molecular formula is C13H21N5O2. The molecule has 20 heavy (non-hydrogen) atoms. The van der Waals surface area contributed by atoms with Gasteiger partial charge in [-0.25, -0.2) is 10.8 Å². The Labute approximate surface area is 118 Å². The van der Waals surface area contributed by atoms with Gasteiger partial charge in [0.2, 0.25) is 0 Å².